The van der Waals surface area contributed by atoms with Crippen LogP contribution in [-0.2, 0) is 21.2 Å². The number of amides is 2. The molecule has 156 valence electrons. The van der Waals surface area contributed by atoms with Gasteiger partial charge < -0.3 is 11.1 Å². The van der Waals surface area contributed by atoms with Gasteiger partial charge in [-0.2, -0.15) is 4.72 Å². The zero-order chi connectivity index (χ0) is 21.6. The molecule has 0 aliphatic carbocycles. The lowest BCUT2D eigenvalue weighted by molar-refractivity contribution is -0.123. The van der Waals surface area contributed by atoms with Crippen LogP contribution in [0.3, 0.4) is 0 Å². The van der Waals surface area contributed by atoms with Crippen molar-refractivity contribution in [2.45, 2.75) is 31.2 Å². The summed E-state index contributed by atoms with van der Waals surface area (Å²) in [6.45, 7) is 3.60. The second-order valence-electron chi connectivity index (χ2n) is 6.88. The number of carbonyl (C=O) groups is 2. The van der Waals surface area contributed by atoms with Crippen molar-refractivity contribution >= 4 is 21.8 Å². The number of primary amides is 1. The van der Waals surface area contributed by atoms with Gasteiger partial charge in [0.25, 0.3) is 0 Å². The summed E-state index contributed by atoms with van der Waals surface area (Å²) < 4.78 is 41.1. The number of benzene rings is 2. The molecule has 9 heteroatoms. The fourth-order valence-electron chi connectivity index (χ4n) is 2.71. The van der Waals surface area contributed by atoms with Gasteiger partial charge >= 0.3 is 0 Å². The smallest absolute Gasteiger partial charge is 0.248 e. The normalized spacial score (nSPS) is 12.6. The van der Waals surface area contributed by atoms with E-state index in [4.69, 9.17) is 5.73 Å². The molecule has 0 bridgehead atoms. The van der Waals surface area contributed by atoms with Gasteiger partial charge in [0.1, 0.15) is 16.8 Å². The van der Waals surface area contributed by atoms with Gasteiger partial charge in [0, 0.05) is 12.1 Å². The maximum absolute atomic E-state index is 13.9. The zero-order valence-corrected chi connectivity index (χ0v) is 17.0. The summed E-state index contributed by atoms with van der Waals surface area (Å²) in [6, 6.07) is 10.6. The average molecular weight is 421 g/mol. The Hall–Kier alpha value is -2.78. The number of rotatable bonds is 9. The van der Waals surface area contributed by atoms with Crippen molar-refractivity contribution in [2.75, 3.05) is 6.54 Å². The fourth-order valence-corrected chi connectivity index (χ4v) is 4.13. The lowest BCUT2D eigenvalue weighted by Gasteiger charge is -2.22. The Morgan fingerprint density at radius 1 is 1.10 bits per heavy atom. The maximum Gasteiger partial charge on any atom is 0.248 e. The van der Waals surface area contributed by atoms with Gasteiger partial charge in [0.15, 0.2) is 0 Å². The Bertz CT molecular complexity index is 993. The van der Waals surface area contributed by atoms with Crippen molar-refractivity contribution in [3.8, 4) is 0 Å². The third kappa shape index (κ3) is 6.10. The molecule has 2 aromatic carbocycles. The molecule has 0 saturated carbocycles. The largest absolute Gasteiger partial charge is 0.366 e. The molecule has 7 nitrogen and oxygen atoms in total. The molecule has 0 spiro atoms. The molecule has 0 aliphatic heterocycles. The molecule has 0 unspecified atom stereocenters. The second kappa shape index (κ2) is 9.62. The van der Waals surface area contributed by atoms with E-state index in [1.54, 1.807) is 38.1 Å². The van der Waals surface area contributed by atoms with E-state index in [9.17, 15) is 22.4 Å². The summed E-state index contributed by atoms with van der Waals surface area (Å²) in [6.07, 6.45) is 0.428. The van der Waals surface area contributed by atoms with Crippen LogP contribution < -0.4 is 15.8 Å². The van der Waals surface area contributed by atoms with Crippen molar-refractivity contribution < 1.29 is 22.4 Å². The van der Waals surface area contributed by atoms with E-state index in [2.05, 4.69) is 10.0 Å². The number of nitrogens with two attached hydrogens (primary N) is 1. The van der Waals surface area contributed by atoms with Crippen molar-refractivity contribution in [2.24, 2.45) is 11.7 Å². The molecule has 0 radical (unpaired) electrons. The lowest BCUT2D eigenvalue weighted by atomic mass is 10.0. The van der Waals surface area contributed by atoms with E-state index < -0.39 is 38.6 Å². The van der Waals surface area contributed by atoms with E-state index in [0.29, 0.717) is 12.0 Å². The minimum absolute atomic E-state index is 0.228. The Kier molecular flexibility index (Phi) is 7.46. The highest BCUT2D eigenvalue weighted by atomic mass is 32.2. The van der Waals surface area contributed by atoms with Gasteiger partial charge in [-0.3, -0.25) is 9.59 Å². The number of sulfonamides is 1. The molecule has 0 saturated heterocycles. The lowest BCUT2D eigenvalue weighted by Crippen LogP contribution is -2.50. The summed E-state index contributed by atoms with van der Waals surface area (Å²) in [5, 5.41) is 2.67. The first-order valence-corrected chi connectivity index (χ1v) is 10.5. The number of halogens is 1. The van der Waals surface area contributed by atoms with Gasteiger partial charge in [0.2, 0.25) is 21.8 Å². The van der Waals surface area contributed by atoms with Gasteiger partial charge in [-0.25, -0.2) is 12.8 Å². The van der Waals surface area contributed by atoms with Crippen molar-refractivity contribution in [1.82, 2.24) is 10.0 Å². The highest BCUT2D eigenvalue weighted by molar-refractivity contribution is 7.89. The van der Waals surface area contributed by atoms with Crippen LogP contribution in [0, 0.1) is 11.7 Å². The number of hydrogen-bond acceptors (Lipinski definition) is 4. The first-order chi connectivity index (χ1) is 13.6. The summed E-state index contributed by atoms with van der Waals surface area (Å²) in [7, 11) is -4.21. The maximum atomic E-state index is 13.9. The van der Waals surface area contributed by atoms with Gasteiger partial charge in [-0.1, -0.05) is 38.1 Å². The van der Waals surface area contributed by atoms with Crippen LogP contribution in [0.4, 0.5) is 4.39 Å². The van der Waals surface area contributed by atoms with Crippen LogP contribution in [0.1, 0.15) is 29.8 Å². The van der Waals surface area contributed by atoms with E-state index >= 15 is 0 Å². The van der Waals surface area contributed by atoms with E-state index in [-0.39, 0.29) is 12.5 Å². The first-order valence-electron chi connectivity index (χ1n) is 9.05. The van der Waals surface area contributed by atoms with Crippen molar-refractivity contribution in [3.05, 3.63) is 65.5 Å². The highest BCUT2D eigenvalue weighted by Crippen LogP contribution is 2.15. The Labute approximate surface area is 169 Å². The predicted molar refractivity (Wildman–Crippen MR) is 107 cm³/mol. The van der Waals surface area contributed by atoms with E-state index in [0.717, 1.165) is 17.7 Å². The first kappa shape index (κ1) is 22.5. The Balaban J connectivity index is 2.04. The standard InChI is InChI=1S/C20H24FN3O4S/c1-13(2)18(24-29(27,28)17-9-4-3-8-16(17)21)20(26)23-11-10-14-6-5-7-15(12-14)19(22)25/h3-9,12-13,18,24H,10-11H2,1-2H3,(H2,22,25)(H,23,26)/t18-/m0/s1. The van der Waals surface area contributed by atoms with Crippen LogP contribution in [0.15, 0.2) is 53.4 Å². The summed E-state index contributed by atoms with van der Waals surface area (Å²) in [4.78, 5) is 23.3. The van der Waals surface area contributed by atoms with Crippen LogP contribution in [0.2, 0.25) is 0 Å². The van der Waals surface area contributed by atoms with E-state index in [1.807, 2.05) is 0 Å². The van der Waals surface area contributed by atoms with Crippen LogP contribution in [-0.4, -0.2) is 32.8 Å². The molecule has 0 aliphatic rings. The molecule has 2 rings (SSSR count). The molecule has 29 heavy (non-hydrogen) atoms. The third-order valence-corrected chi connectivity index (χ3v) is 5.76. The number of carbonyl (C=O) groups excluding carboxylic acids is 2. The molecule has 2 aromatic rings. The van der Waals surface area contributed by atoms with Crippen molar-refractivity contribution in [3.63, 3.8) is 0 Å². The zero-order valence-electron chi connectivity index (χ0n) is 16.2. The van der Waals surface area contributed by atoms with Crippen LogP contribution >= 0.6 is 0 Å². The highest BCUT2D eigenvalue weighted by Gasteiger charge is 2.29. The minimum Gasteiger partial charge on any atom is -0.366 e. The monoisotopic (exact) mass is 421 g/mol. The minimum atomic E-state index is -4.21. The average Bonchev–Trinajstić information content (AvgIpc) is 2.66. The molecule has 4 N–H and O–H groups in total. The molecule has 0 aromatic heterocycles. The summed E-state index contributed by atoms with van der Waals surface area (Å²) >= 11 is 0. The number of hydrogen-bond donors (Lipinski definition) is 3. The molecule has 2 amide bonds. The Morgan fingerprint density at radius 3 is 2.41 bits per heavy atom. The van der Waals surface area contributed by atoms with Crippen molar-refractivity contribution in [1.29, 1.82) is 0 Å². The fraction of sp³-hybridized carbons (Fsp3) is 0.300. The van der Waals surface area contributed by atoms with Crippen LogP contribution in [0.25, 0.3) is 0 Å². The predicted octanol–water partition coefficient (Wildman–Crippen LogP) is 1.59. The second-order valence-corrected chi connectivity index (χ2v) is 8.56. The SMILES string of the molecule is CC(C)[C@H](NS(=O)(=O)c1ccccc1F)C(=O)NCCc1cccc(C(N)=O)c1. The molecular weight excluding hydrogens is 397 g/mol. The van der Waals surface area contributed by atoms with E-state index in [1.165, 1.54) is 12.1 Å². The summed E-state index contributed by atoms with van der Waals surface area (Å²) in [5.41, 5.74) is 6.42. The van der Waals surface area contributed by atoms with Gasteiger partial charge in [0.05, 0.1) is 0 Å². The molecular formula is C20H24FN3O4S. The number of nitrogens with one attached hydrogen (secondary N) is 2. The molecule has 0 fully saturated rings. The van der Waals surface area contributed by atoms with Gasteiger partial charge in [-0.15, -0.1) is 0 Å². The topological polar surface area (TPSA) is 118 Å². The Morgan fingerprint density at radius 2 is 1.79 bits per heavy atom. The van der Waals surface area contributed by atoms with Crippen LogP contribution in [0.5, 0.6) is 0 Å². The summed E-state index contributed by atoms with van der Waals surface area (Å²) in [5.74, 6) is -2.32. The third-order valence-electron chi connectivity index (χ3n) is 4.28. The molecule has 1 atom stereocenters. The molecule has 0 heterocycles. The quantitative estimate of drug-likeness (QED) is 0.570. The van der Waals surface area contributed by atoms with Gasteiger partial charge in [-0.05, 0) is 42.2 Å².